The molecule has 1 aliphatic carbocycles. The van der Waals surface area contributed by atoms with E-state index in [-0.39, 0.29) is 34.7 Å². The first-order chi connectivity index (χ1) is 14.6. The van der Waals surface area contributed by atoms with Crippen molar-refractivity contribution in [1.82, 2.24) is 0 Å². The number of carbonyl (C=O) groups excluding carboxylic acids is 1. The second-order valence-electron chi connectivity index (χ2n) is 9.58. The highest BCUT2D eigenvalue weighted by molar-refractivity contribution is 7.91. The number of ether oxygens (including phenoxy) is 1. The maximum Gasteiger partial charge on any atom is 0.198 e. The first kappa shape index (κ1) is 24.2. The van der Waals surface area contributed by atoms with Crippen LogP contribution in [0.15, 0.2) is 24.3 Å². The molecule has 174 valence electrons. The predicted octanol–water partition coefficient (Wildman–Crippen LogP) is 4.34. The third kappa shape index (κ3) is 6.07. The predicted molar refractivity (Wildman–Crippen MR) is 122 cm³/mol. The number of alkyl halides is 1. The van der Waals surface area contributed by atoms with Crippen LogP contribution in [0.2, 0.25) is 0 Å². The average molecular weight is 454 g/mol. The lowest BCUT2D eigenvalue weighted by Crippen LogP contribution is -2.51. The summed E-state index contributed by atoms with van der Waals surface area (Å²) in [6.07, 6.45) is 1.81. The summed E-state index contributed by atoms with van der Waals surface area (Å²) in [6, 6.07) is 7.58. The zero-order valence-electron chi connectivity index (χ0n) is 19.1. The van der Waals surface area contributed by atoms with Gasteiger partial charge in [0.15, 0.2) is 16.1 Å². The number of anilines is 1. The number of ketones is 1. The second kappa shape index (κ2) is 9.99. The van der Waals surface area contributed by atoms with Gasteiger partial charge in [-0.25, -0.2) is 12.8 Å². The molecule has 7 heteroatoms. The molecule has 2 aliphatic rings. The number of nitrogens with zero attached hydrogens (tertiary/aromatic N) is 1. The molecule has 3 rings (SSSR count). The third-order valence-electron chi connectivity index (χ3n) is 6.72. The van der Waals surface area contributed by atoms with E-state index in [2.05, 4.69) is 0 Å². The fourth-order valence-electron chi connectivity index (χ4n) is 4.68. The van der Waals surface area contributed by atoms with Crippen LogP contribution >= 0.6 is 0 Å². The highest BCUT2D eigenvalue weighted by Crippen LogP contribution is 2.32. The molecule has 0 N–H and O–H groups in total. The van der Waals surface area contributed by atoms with Gasteiger partial charge < -0.3 is 9.64 Å². The van der Waals surface area contributed by atoms with Crippen molar-refractivity contribution >= 4 is 21.3 Å². The van der Waals surface area contributed by atoms with E-state index in [1.807, 2.05) is 31.2 Å². The molecule has 0 spiro atoms. The first-order valence-corrected chi connectivity index (χ1v) is 13.2. The molecule has 1 aromatic carbocycles. The minimum Gasteiger partial charge on any atom is -0.369 e. The summed E-state index contributed by atoms with van der Waals surface area (Å²) in [4.78, 5) is 14.5. The number of hydrogen-bond donors (Lipinski definition) is 0. The van der Waals surface area contributed by atoms with E-state index in [9.17, 15) is 17.6 Å². The lowest BCUT2D eigenvalue weighted by atomic mass is 9.79. The molecule has 0 amide bonds. The van der Waals surface area contributed by atoms with Crippen LogP contribution in [0.1, 0.15) is 58.9 Å². The van der Waals surface area contributed by atoms with E-state index in [0.717, 1.165) is 36.9 Å². The summed E-state index contributed by atoms with van der Waals surface area (Å²) < 4.78 is 44.4. The third-order valence-corrected chi connectivity index (χ3v) is 9.09. The van der Waals surface area contributed by atoms with Gasteiger partial charge in [-0.15, -0.1) is 0 Å². The van der Waals surface area contributed by atoms with Gasteiger partial charge in [0, 0.05) is 24.6 Å². The first-order valence-electron chi connectivity index (χ1n) is 11.5. The molecule has 31 heavy (non-hydrogen) atoms. The number of morpholine rings is 1. The SMILES string of the molecule is CC(C)S(=O)(=O)CC1CCC(C(=O)Cc2ccc(N3C[C@H](C)O[C@H](C)C3F)cc2)CC1. The largest absolute Gasteiger partial charge is 0.369 e. The summed E-state index contributed by atoms with van der Waals surface area (Å²) in [7, 11) is -3.03. The van der Waals surface area contributed by atoms with Crippen LogP contribution in [0, 0.1) is 11.8 Å². The maximum atomic E-state index is 14.5. The van der Waals surface area contributed by atoms with Crippen LogP contribution in [0.4, 0.5) is 10.1 Å². The van der Waals surface area contributed by atoms with Crippen molar-refractivity contribution in [3.8, 4) is 0 Å². The van der Waals surface area contributed by atoms with Crippen molar-refractivity contribution in [1.29, 1.82) is 0 Å². The Morgan fingerprint density at radius 2 is 1.74 bits per heavy atom. The van der Waals surface area contributed by atoms with Gasteiger partial charge in [-0.05, 0) is 77.0 Å². The van der Waals surface area contributed by atoms with Gasteiger partial charge in [0.05, 0.1) is 17.1 Å². The zero-order valence-corrected chi connectivity index (χ0v) is 19.9. The quantitative estimate of drug-likeness (QED) is 0.575. The smallest absolute Gasteiger partial charge is 0.198 e. The van der Waals surface area contributed by atoms with Crippen molar-refractivity contribution in [3.63, 3.8) is 0 Å². The molecular weight excluding hydrogens is 417 g/mol. The fraction of sp³-hybridized carbons (Fsp3) is 0.708. The Labute approximate surface area is 186 Å². The molecule has 0 bridgehead atoms. The topological polar surface area (TPSA) is 63.7 Å². The van der Waals surface area contributed by atoms with Gasteiger partial charge in [-0.1, -0.05) is 12.1 Å². The van der Waals surface area contributed by atoms with Crippen LogP contribution in [-0.2, 0) is 25.8 Å². The zero-order chi connectivity index (χ0) is 22.8. The van der Waals surface area contributed by atoms with Crippen molar-refractivity contribution in [3.05, 3.63) is 29.8 Å². The summed E-state index contributed by atoms with van der Waals surface area (Å²) >= 11 is 0. The fourth-order valence-corrected chi connectivity index (χ4v) is 6.05. The summed E-state index contributed by atoms with van der Waals surface area (Å²) in [5.74, 6) is 0.632. The van der Waals surface area contributed by atoms with Crippen molar-refractivity contribution in [2.45, 2.75) is 83.6 Å². The number of hydrogen-bond acceptors (Lipinski definition) is 5. The van der Waals surface area contributed by atoms with Crippen molar-refractivity contribution in [2.75, 3.05) is 17.2 Å². The molecule has 1 unspecified atom stereocenters. The number of rotatable bonds is 7. The van der Waals surface area contributed by atoms with Crippen LogP contribution in [0.5, 0.6) is 0 Å². The highest BCUT2D eigenvalue weighted by Gasteiger charge is 2.33. The minimum absolute atomic E-state index is 0.00819. The Morgan fingerprint density at radius 3 is 2.32 bits per heavy atom. The Hall–Kier alpha value is -1.47. The number of halogens is 1. The van der Waals surface area contributed by atoms with Crippen LogP contribution in [0.25, 0.3) is 0 Å². The molecule has 1 saturated carbocycles. The van der Waals surface area contributed by atoms with E-state index in [1.54, 1.807) is 25.7 Å². The van der Waals surface area contributed by atoms with Crippen molar-refractivity contribution in [2.24, 2.45) is 11.8 Å². The molecule has 2 fully saturated rings. The summed E-state index contributed by atoms with van der Waals surface area (Å²) in [6.45, 7) is 7.63. The molecule has 0 radical (unpaired) electrons. The van der Waals surface area contributed by atoms with Crippen LogP contribution < -0.4 is 4.90 Å². The Morgan fingerprint density at radius 1 is 1.13 bits per heavy atom. The molecular formula is C24H36FNO4S. The van der Waals surface area contributed by atoms with E-state index >= 15 is 0 Å². The Kier molecular flexibility index (Phi) is 7.79. The average Bonchev–Trinajstić information content (AvgIpc) is 2.71. The second-order valence-corrected chi connectivity index (χ2v) is 12.2. The Balaban J connectivity index is 1.52. The molecule has 1 saturated heterocycles. The van der Waals surface area contributed by atoms with Gasteiger partial charge in [-0.3, -0.25) is 4.79 Å². The monoisotopic (exact) mass is 453 g/mol. The number of Topliss-reactive ketones (excluding diaryl/α,β-unsaturated/α-hetero) is 1. The van der Waals surface area contributed by atoms with E-state index in [0.29, 0.717) is 13.0 Å². The van der Waals surface area contributed by atoms with Gasteiger partial charge in [0.1, 0.15) is 11.9 Å². The molecule has 5 nitrogen and oxygen atoms in total. The van der Waals surface area contributed by atoms with Gasteiger partial charge in [-0.2, -0.15) is 0 Å². The van der Waals surface area contributed by atoms with Gasteiger partial charge in [0.2, 0.25) is 0 Å². The van der Waals surface area contributed by atoms with E-state index in [1.165, 1.54) is 0 Å². The maximum absolute atomic E-state index is 14.5. The van der Waals surface area contributed by atoms with E-state index in [4.69, 9.17) is 4.74 Å². The van der Waals surface area contributed by atoms with E-state index < -0.39 is 22.2 Å². The van der Waals surface area contributed by atoms with Crippen molar-refractivity contribution < 1.29 is 22.3 Å². The van der Waals surface area contributed by atoms with Gasteiger partial charge >= 0.3 is 0 Å². The molecule has 0 aromatic heterocycles. The van der Waals surface area contributed by atoms with Crippen LogP contribution in [-0.4, -0.2) is 50.3 Å². The number of sulfone groups is 1. The Bertz CT molecular complexity index is 847. The minimum atomic E-state index is -3.03. The normalized spacial score (nSPS) is 29.9. The summed E-state index contributed by atoms with van der Waals surface area (Å²) in [5, 5.41) is -0.341. The van der Waals surface area contributed by atoms with Crippen LogP contribution in [0.3, 0.4) is 0 Å². The molecule has 1 aliphatic heterocycles. The lowest BCUT2D eigenvalue weighted by molar-refractivity contribution is -0.123. The summed E-state index contributed by atoms with van der Waals surface area (Å²) in [5.41, 5.74) is 1.74. The molecule has 1 aromatic rings. The highest BCUT2D eigenvalue weighted by atomic mass is 32.2. The molecule has 1 heterocycles. The lowest BCUT2D eigenvalue weighted by Gasteiger charge is -2.39. The standard InChI is InChI=1S/C24H36FNO4S/c1-16(2)31(28,29)15-20-5-9-21(10-6-20)23(27)13-19-7-11-22(12-8-19)26-14-17(3)30-18(4)24(26)25/h7-8,11-12,16-18,20-21,24H,5-6,9-10,13-15H2,1-4H3/t17-,18+,20?,21?,24?/m0/s1. The number of benzene rings is 1. The number of carbonyl (C=O) groups is 1. The van der Waals surface area contributed by atoms with Gasteiger partial charge in [0.25, 0.3) is 0 Å². The molecule has 3 atom stereocenters.